The van der Waals surface area contributed by atoms with Crippen LogP contribution in [0.5, 0.6) is 0 Å². The summed E-state index contributed by atoms with van der Waals surface area (Å²) in [6, 6.07) is 0. The maximum Gasteiger partial charge on any atom is 0.472 e. The molecule has 0 amide bonds. The van der Waals surface area contributed by atoms with Crippen LogP contribution >= 0.6 is 7.82 Å². The number of unbranched alkanes of at least 4 members (excludes halogenated alkanes) is 41. The Kier molecular flexibility index (Phi) is 55.6. The molecule has 3 N–H and O–H groups in total. The summed E-state index contributed by atoms with van der Waals surface area (Å²) in [6.07, 6.45) is 66.7. The van der Waals surface area contributed by atoms with Gasteiger partial charge in [0.15, 0.2) is 6.10 Å². The van der Waals surface area contributed by atoms with Crippen LogP contribution in [0.4, 0.5) is 0 Å². The van der Waals surface area contributed by atoms with Gasteiger partial charge in [-0.2, -0.15) is 0 Å². The molecule has 70 heavy (non-hydrogen) atoms. The molecule has 0 rings (SSSR count). The monoisotopic (exact) mass is 1010 g/mol. The van der Waals surface area contributed by atoms with Gasteiger partial charge < -0.3 is 20.1 Å². The van der Waals surface area contributed by atoms with E-state index in [1.165, 1.54) is 231 Å². The molecule has 0 saturated carbocycles. The van der Waals surface area contributed by atoms with E-state index in [4.69, 9.17) is 24.3 Å². The third kappa shape index (κ3) is 55.8. The van der Waals surface area contributed by atoms with Crippen LogP contribution < -0.4 is 5.73 Å². The molecule has 2 atom stereocenters. The Morgan fingerprint density at radius 3 is 1.09 bits per heavy atom. The molecule has 2 unspecified atom stereocenters. The molecule has 0 fully saturated rings. The Bertz CT molecular complexity index is 1200. The maximum absolute atomic E-state index is 12.7. The number of esters is 2. The number of phosphoric ester groups is 1. The summed E-state index contributed by atoms with van der Waals surface area (Å²) in [5, 5.41) is 0. The fourth-order valence-electron chi connectivity index (χ4n) is 9.08. The predicted octanol–water partition coefficient (Wildman–Crippen LogP) is 19.0. The number of hydrogen-bond acceptors (Lipinski definition) is 8. The SMILES string of the molecule is CCCCCCC/C=C\C/C=C\CCCCCCCCCCCC(=O)OC(COC(=O)CCCCCCCCCCCCCCCCCCCCCCCCCCCCCC)COP(=O)(O)OCCN. The minimum Gasteiger partial charge on any atom is -0.462 e. The Morgan fingerprint density at radius 2 is 0.743 bits per heavy atom. The average molecular weight is 1010 g/mol. The van der Waals surface area contributed by atoms with E-state index in [1.54, 1.807) is 0 Å². The molecule has 9 nitrogen and oxygen atoms in total. The first kappa shape index (κ1) is 68.5. The normalized spacial score (nSPS) is 13.1. The van der Waals surface area contributed by atoms with E-state index in [0.717, 1.165) is 51.4 Å². The van der Waals surface area contributed by atoms with Gasteiger partial charge in [0.25, 0.3) is 0 Å². The van der Waals surface area contributed by atoms with Gasteiger partial charge in [0.05, 0.1) is 13.2 Å². The van der Waals surface area contributed by atoms with Crippen molar-refractivity contribution in [3.63, 3.8) is 0 Å². The highest BCUT2D eigenvalue weighted by atomic mass is 31.2. The van der Waals surface area contributed by atoms with Crippen LogP contribution in [0.15, 0.2) is 24.3 Å². The fourth-order valence-corrected chi connectivity index (χ4v) is 9.85. The molecular formula is C60H116NO8P. The third-order valence-electron chi connectivity index (χ3n) is 13.6. The summed E-state index contributed by atoms with van der Waals surface area (Å²) in [7, 11) is -4.39. The standard InChI is InChI=1S/C60H116NO8P/c1-3-5-7-9-11-13-15-17-19-21-23-25-26-27-28-29-30-31-33-34-36-38-40-42-44-46-48-50-52-59(62)66-56-58(57-68-70(64,65)67-55-54-61)69-60(63)53-51-49-47-45-43-41-39-37-35-32-24-22-20-18-16-14-12-10-8-6-4-2/h16,18,22,24,58H,3-15,17,19-21,23,25-57,61H2,1-2H3,(H,64,65)/b18-16-,24-22-. The van der Waals surface area contributed by atoms with E-state index in [-0.39, 0.29) is 38.6 Å². The van der Waals surface area contributed by atoms with Crippen LogP contribution in [0.25, 0.3) is 0 Å². The number of ether oxygens (including phenoxy) is 2. The van der Waals surface area contributed by atoms with Crippen LogP contribution in [0.3, 0.4) is 0 Å². The first-order chi connectivity index (χ1) is 34.3. The van der Waals surface area contributed by atoms with Crippen molar-refractivity contribution in [1.29, 1.82) is 0 Å². The molecule has 414 valence electrons. The van der Waals surface area contributed by atoms with Gasteiger partial charge in [-0.25, -0.2) is 4.57 Å². The number of phosphoric acid groups is 1. The quantitative estimate of drug-likeness (QED) is 0.0264. The van der Waals surface area contributed by atoms with Crippen molar-refractivity contribution in [2.75, 3.05) is 26.4 Å². The van der Waals surface area contributed by atoms with Crippen molar-refractivity contribution in [2.45, 2.75) is 322 Å². The molecule has 10 heteroatoms. The molecule has 0 aliphatic carbocycles. The molecule has 0 radical (unpaired) electrons. The number of carbonyl (C=O) groups is 2. The van der Waals surface area contributed by atoms with Gasteiger partial charge in [-0.3, -0.25) is 18.6 Å². The lowest BCUT2D eigenvalue weighted by atomic mass is 10.0. The number of nitrogens with two attached hydrogens (primary N) is 1. The topological polar surface area (TPSA) is 134 Å². The first-order valence-corrected chi connectivity index (χ1v) is 31.8. The summed E-state index contributed by atoms with van der Waals surface area (Å²) in [5.74, 6) is -0.815. The smallest absolute Gasteiger partial charge is 0.462 e. The predicted molar refractivity (Wildman–Crippen MR) is 298 cm³/mol. The minimum absolute atomic E-state index is 0.0548. The lowest BCUT2D eigenvalue weighted by molar-refractivity contribution is -0.161. The highest BCUT2D eigenvalue weighted by Gasteiger charge is 2.26. The van der Waals surface area contributed by atoms with E-state index in [9.17, 15) is 19.0 Å². The van der Waals surface area contributed by atoms with Gasteiger partial charge in [-0.05, 0) is 44.9 Å². The molecule has 0 aliphatic heterocycles. The molecular weight excluding hydrogens is 894 g/mol. The van der Waals surface area contributed by atoms with Crippen molar-refractivity contribution in [1.82, 2.24) is 0 Å². The molecule has 0 bridgehead atoms. The van der Waals surface area contributed by atoms with Crippen LogP contribution in [0.2, 0.25) is 0 Å². The van der Waals surface area contributed by atoms with Crippen LogP contribution in [-0.2, 0) is 32.7 Å². The van der Waals surface area contributed by atoms with Gasteiger partial charge in [0.1, 0.15) is 6.61 Å². The summed E-state index contributed by atoms with van der Waals surface area (Å²) in [5.41, 5.74) is 5.38. The van der Waals surface area contributed by atoms with E-state index in [2.05, 4.69) is 38.2 Å². The van der Waals surface area contributed by atoms with Crippen molar-refractivity contribution in [3.05, 3.63) is 24.3 Å². The van der Waals surface area contributed by atoms with E-state index in [1.807, 2.05) is 0 Å². The van der Waals surface area contributed by atoms with Crippen LogP contribution in [0.1, 0.15) is 316 Å². The maximum atomic E-state index is 12.7. The van der Waals surface area contributed by atoms with Crippen LogP contribution in [0, 0.1) is 0 Å². The second kappa shape index (κ2) is 56.8. The van der Waals surface area contributed by atoms with Gasteiger partial charge in [0.2, 0.25) is 0 Å². The lowest BCUT2D eigenvalue weighted by Gasteiger charge is -2.19. The minimum atomic E-state index is -4.39. The molecule has 0 aromatic carbocycles. The summed E-state index contributed by atoms with van der Waals surface area (Å²) >= 11 is 0. The first-order valence-electron chi connectivity index (χ1n) is 30.3. The van der Waals surface area contributed by atoms with Crippen LogP contribution in [-0.4, -0.2) is 49.3 Å². The van der Waals surface area contributed by atoms with E-state index >= 15 is 0 Å². The number of allylic oxidation sites excluding steroid dienone is 4. The van der Waals surface area contributed by atoms with Crippen molar-refractivity contribution in [2.24, 2.45) is 5.73 Å². The third-order valence-corrected chi connectivity index (χ3v) is 14.6. The second-order valence-corrected chi connectivity index (χ2v) is 22.0. The average Bonchev–Trinajstić information content (AvgIpc) is 3.35. The molecule has 0 spiro atoms. The lowest BCUT2D eigenvalue weighted by Crippen LogP contribution is -2.29. The Balaban J connectivity index is 3.89. The fraction of sp³-hybridized carbons (Fsp3) is 0.900. The zero-order valence-corrected chi connectivity index (χ0v) is 47.2. The van der Waals surface area contributed by atoms with Crippen molar-refractivity contribution >= 4 is 19.8 Å². The van der Waals surface area contributed by atoms with Gasteiger partial charge >= 0.3 is 19.8 Å². The van der Waals surface area contributed by atoms with Gasteiger partial charge in [0, 0.05) is 19.4 Å². The second-order valence-electron chi connectivity index (χ2n) is 20.6. The zero-order valence-electron chi connectivity index (χ0n) is 46.3. The Labute approximate surface area is 433 Å². The summed E-state index contributed by atoms with van der Waals surface area (Å²) in [4.78, 5) is 35.2. The molecule has 0 aromatic rings. The zero-order chi connectivity index (χ0) is 51.0. The van der Waals surface area contributed by atoms with Crippen molar-refractivity contribution in [3.8, 4) is 0 Å². The molecule has 0 saturated heterocycles. The molecule has 0 heterocycles. The Hall–Kier alpha value is -1.51. The van der Waals surface area contributed by atoms with E-state index < -0.39 is 26.5 Å². The molecule has 0 aliphatic rings. The number of hydrogen-bond donors (Lipinski definition) is 2. The number of rotatable bonds is 58. The number of carbonyl (C=O) groups excluding carboxylic acids is 2. The summed E-state index contributed by atoms with van der Waals surface area (Å²) < 4.78 is 33.1. The molecule has 0 aromatic heterocycles. The summed E-state index contributed by atoms with van der Waals surface area (Å²) in [6.45, 7) is 3.79. The Morgan fingerprint density at radius 1 is 0.429 bits per heavy atom. The van der Waals surface area contributed by atoms with Gasteiger partial charge in [-0.15, -0.1) is 0 Å². The van der Waals surface area contributed by atoms with Crippen molar-refractivity contribution < 1.29 is 37.6 Å². The van der Waals surface area contributed by atoms with Gasteiger partial charge in [-0.1, -0.05) is 282 Å². The largest absolute Gasteiger partial charge is 0.472 e. The highest BCUT2D eigenvalue weighted by molar-refractivity contribution is 7.47. The highest BCUT2D eigenvalue weighted by Crippen LogP contribution is 2.43. The van der Waals surface area contributed by atoms with E-state index in [0.29, 0.717) is 6.42 Å².